The van der Waals surface area contributed by atoms with Crippen molar-refractivity contribution >= 4 is 15.7 Å². The molecule has 2 aromatic heterocycles. The van der Waals surface area contributed by atoms with Crippen LogP contribution in [0.4, 0.5) is 17.6 Å². The van der Waals surface area contributed by atoms with Gasteiger partial charge < -0.3 is 5.32 Å². The number of rotatable bonds is 7. The molecule has 0 saturated heterocycles. The lowest BCUT2D eigenvalue weighted by atomic mass is 9.92. The molecule has 190 valence electrons. The summed E-state index contributed by atoms with van der Waals surface area (Å²) in [5, 5.41) is 6.43. The Bertz CT molecular complexity index is 1380. The van der Waals surface area contributed by atoms with Gasteiger partial charge in [-0.1, -0.05) is 0 Å². The molecule has 2 heterocycles. The van der Waals surface area contributed by atoms with Crippen LogP contribution in [0.2, 0.25) is 0 Å². The second-order valence-corrected chi connectivity index (χ2v) is 11.2. The Morgan fingerprint density at radius 1 is 1.06 bits per heavy atom. The zero-order chi connectivity index (χ0) is 25.7. The van der Waals surface area contributed by atoms with E-state index in [9.17, 15) is 30.8 Å². The van der Waals surface area contributed by atoms with Crippen molar-refractivity contribution in [3.05, 3.63) is 65.8 Å². The lowest BCUT2D eigenvalue weighted by Gasteiger charge is -2.36. The second-order valence-electron chi connectivity index (χ2n) is 8.99. The molecule has 1 N–H and O–H groups in total. The molecular formula is C23H21F4N5O3S. The van der Waals surface area contributed by atoms with E-state index in [1.54, 1.807) is 6.20 Å². The van der Waals surface area contributed by atoms with Crippen LogP contribution in [-0.2, 0) is 27.2 Å². The van der Waals surface area contributed by atoms with E-state index in [2.05, 4.69) is 20.4 Å². The molecule has 3 aromatic rings. The van der Waals surface area contributed by atoms with E-state index in [1.165, 1.54) is 16.8 Å². The lowest BCUT2D eigenvalue weighted by molar-refractivity contribution is -0.145. The van der Waals surface area contributed by atoms with E-state index >= 15 is 0 Å². The summed E-state index contributed by atoms with van der Waals surface area (Å²) >= 11 is 0. The van der Waals surface area contributed by atoms with Crippen molar-refractivity contribution in [2.75, 3.05) is 0 Å². The third-order valence-electron chi connectivity index (χ3n) is 6.39. The summed E-state index contributed by atoms with van der Waals surface area (Å²) in [6, 6.07) is 4.01. The van der Waals surface area contributed by atoms with E-state index in [0.29, 0.717) is 24.1 Å². The van der Waals surface area contributed by atoms with E-state index in [0.717, 1.165) is 37.4 Å². The molecule has 0 radical (unpaired) electrons. The summed E-state index contributed by atoms with van der Waals surface area (Å²) in [6.45, 7) is 0. The van der Waals surface area contributed by atoms with Crippen molar-refractivity contribution in [3.8, 4) is 5.69 Å². The number of nitrogens with zero attached hydrogens (tertiary/aromatic N) is 4. The number of carbonyl (C=O) groups excluding carboxylic acids is 1. The summed E-state index contributed by atoms with van der Waals surface area (Å²) < 4.78 is 78.6. The van der Waals surface area contributed by atoms with E-state index in [1.807, 2.05) is 0 Å². The Morgan fingerprint density at radius 2 is 1.72 bits per heavy atom. The molecular weight excluding hydrogens is 502 g/mol. The smallest absolute Gasteiger partial charge is 0.352 e. The number of hydrogen-bond acceptors (Lipinski definition) is 6. The number of sulfone groups is 1. The first kappa shape index (κ1) is 24.3. The van der Waals surface area contributed by atoms with Crippen molar-refractivity contribution in [1.29, 1.82) is 0 Å². The topological polar surface area (TPSA) is 107 Å². The van der Waals surface area contributed by atoms with Gasteiger partial charge in [-0.15, -0.1) is 0 Å². The highest BCUT2D eigenvalue weighted by molar-refractivity contribution is 7.92. The molecule has 2 fully saturated rings. The number of alkyl halides is 3. The third kappa shape index (κ3) is 4.84. The van der Waals surface area contributed by atoms with Crippen molar-refractivity contribution in [1.82, 2.24) is 25.1 Å². The molecule has 0 unspecified atom stereocenters. The van der Waals surface area contributed by atoms with Gasteiger partial charge in [-0.05, 0) is 49.9 Å². The predicted octanol–water partition coefficient (Wildman–Crippen LogP) is 3.36. The summed E-state index contributed by atoms with van der Waals surface area (Å²) in [5.74, 6) is -2.03. The SMILES string of the molecule is O=C(Cc1cn(-c2cnc(C(F)(F)F)nc2)nc1C1CC1)N[C@@H]1CC[C@@H]1S(=O)(=O)c1ccc(F)cc1. The van der Waals surface area contributed by atoms with Crippen LogP contribution in [0.1, 0.15) is 48.7 Å². The molecule has 0 bridgehead atoms. The molecule has 1 amide bonds. The van der Waals surface area contributed by atoms with Gasteiger partial charge in [-0.2, -0.15) is 18.3 Å². The van der Waals surface area contributed by atoms with E-state index < -0.39 is 38.9 Å². The van der Waals surface area contributed by atoms with Gasteiger partial charge in [0.1, 0.15) is 11.5 Å². The minimum absolute atomic E-state index is 0.00362. The molecule has 2 aliphatic rings. The maximum Gasteiger partial charge on any atom is 0.451 e. The first-order valence-corrected chi connectivity index (χ1v) is 12.8. The summed E-state index contributed by atoms with van der Waals surface area (Å²) in [4.78, 5) is 19.5. The first-order valence-electron chi connectivity index (χ1n) is 11.3. The van der Waals surface area contributed by atoms with Crippen molar-refractivity contribution < 1.29 is 30.8 Å². The van der Waals surface area contributed by atoms with Gasteiger partial charge in [-0.25, -0.2) is 27.5 Å². The molecule has 0 spiro atoms. The van der Waals surface area contributed by atoms with Crippen LogP contribution in [0.5, 0.6) is 0 Å². The van der Waals surface area contributed by atoms with Gasteiger partial charge >= 0.3 is 6.18 Å². The normalized spacial score (nSPS) is 20.1. The van der Waals surface area contributed by atoms with Crippen LogP contribution in [0, 0.1) is 5.82 Å². The quantitative estimate of drug-likeness (QED) is 0.376. The number of carbonyl (C=O) groups is 1. The molecule has 2 atom stereocenters. The van der Waals surface area contributed by atoms with Crippen LogP contribution in [0.3, 0.4) is 0 Å². The van der Waals surface area contributed by atoms with Gasteiger partial charge in [0, 0.05) is 23.7 Å². The standard InChI is InChI=1S/C23H21F4N5O3S/c24-15-3-5-17(6-4-15)36(34,35)19-8-7-18(19)30-20(33)9-14-12-32(31-21(14)13-1-2-13)16-10-28-22(29-11-16)23(25,26)27/h3-6,10-13,18-19H,1-2,7-9H2,(H,30,33)/t18-,19+/m1/s1. The van der Waals surface area contributed by atoms with Gasteiger partial charge in [0.25, 0.3) is 0 Å². The fourth-order valence-corrected chi connectivity index (χ4v) is 6.16. The molecule has 8 nitrogen and oxygen atoms in total. The van der Waals surface area contributed by atoms with Gasteiger partial charge in [0.15, 0.2) is 9.84 Å². The van der Waals surface area contributed by atoms with Crippen molar-refractivity contribution in [3.63, 3.8) is 0 Å². The molecule has 2 saturated carbocycles. The monoisotopic (exact) mass is 523 g/mol. The molecule has 0 aliphatic heterocycles. The van der Waals surface area contributed by atoms with Crippen molar-refractivity contribution in [2.45, 2.75) is 60.4 Å². The Kier molecular flexibility index (Phi) is 6.05. The minimum atomic E-state index is -4.66. The minimum Gasteiger partial charge on any atom is -0.352 e. The summed E-state index contributed by atoms with van der Waals surface area (Å²) in [6.07, 6.45) is 1.52. The summed E-state index contributed by atoms with van der Waals surface area (Å²) in [7, 11) is -3.74. The molecule has 36 heavy (non-hydrogen) atoms. The molecule has 2 aliphatic carbocycles. The van der Waals surface area contributed by atoms with Crippen molar-refractivity contribution in [2.24, 2.45) is 0 Å². The highest BCUT2D eigenvalue weighted by Crippen LogP contribution is 2.41. The predicted molar refractivity (Wildman–Crippen MR) is 118 cm³/mol. The number of aromatic nitrogens is 4. The maximum atomic E-state index is 13.2. The first-order chi connectivity index (χ1) is 17.0. The fraction of sp³-hybridized carbons (Fsp3) is 0.391. The fourth-order valence-electron chi connectivity index (χ4n) is 4.21. The maximum absolute atomic E-state index is 13.2. The number of hydrogen-bond donors (Lipinski definition) is 1. The summed E-state index contributed by atoms with van der Waals surface area (Å²) in [5.41, 5.74) is 1.50. The lowest BCUT2D eigenvalue weighted by Crippen LogP contribution is -2.54. The number of nitrogens with one attached hydrogen (secondary N) is 1. The zero-order valence-corrected chi connectivity index (χ0v) is 19.6. The second kappa shape index (κ2) is 8.95. The largest absolute Gasteiger partial charge is 0.451 e. The highest BCUT2D eigenvalue weighted by atomic mass is 32.2. The average molecular weight is 524 g/mol. The molecule has 1 aromatic carbocycles. The zero-order valence-electron chi connectivity index (χ0n) is 18.7. The number of amides is 1. The van der Waals surface area contributed by atoms with Crippen LogP contribution in [0.25, 0.3) is 5.69 Å². The Morgan fingerprint density at radius 3 is 2.28 bits per heavy atom. The van der Waals surface area contributed by atoms with Gasteiger partial charge in [-0.3, -0.25) is 4.79 Å². The van der Waals surface area contributed by atoms with Crippen LogP contribution in [-0.4, -0.2) is 45.4 Å². The van der Waals surface area contributed by atoms with Crippen LogP contribution in [0.15, 0.2) is 47.8 Å². The number of halogens is 4. The molecule has 13 heteroatoms. The molecule has 5 rings (SSSR count). The van der Waals surface area contributed by atoms with Gasteiger partial charge in [0.05, 0.1) is 34.7 Å². The third-order valence-corrected chi connectivity index (χ3v) is 8.68. The van der Waals surface area contributed by atoms with Crippen LogP contribution < -0.4 is 5.32 Å². The van der Waals surface area contributed by atoms with E-state index in [-0.39, 0.29) is 28.8 Å². The van der Waals surface area contributed by atoms with Gasteiger partial charge in [0.2, 0.25) is 11.7 Å². The Balaban J connectivity index is 1.29. The van der Waals surface area contributed by atoms with E-state index in [4.69, 9.17) is 0 Å². The Labute approximate surface area is 203 Å². The Hall–Kier alpha value is -3.35. The highest BCUT2D eigenvalue weighted by Gasteiger charge is 2.42. The average Bonchev–Trinajstić information content (AvgIpc) is 3.56. The van der Waals surface area contributed by atoms with Crippen LogP contribution >= 0.6 is 0 Å². The number of benzene rings is 1.